The van der Waals surface area contributed by atoms with E-state index in [1.165, 1.54) is 36.3 Å². The molecule has 3 amide bonds. The van der Waals surface area contributed by atoms with Crippen LogP contribution < -0.4 is 10.6 Å². The van der Waals surface area contributed by atoms with Gasteiger partial charge in [-0.05, 0) is 62.8 Å². The van der Waals surface area contributed by atoms with Crippen molar-refractivity contribution in [2.45, 2.75) is 77.2 Å². The minimum absolute atomic E-state index is 0.0359. The Morgan fingerprint density at radius 1 is 0.953 bits per heavy atom. The largest absolute Gasteiger partial charge is 0.468 e. The lowest BCUT2D eigenvalue weighted by atomic mass is 9.84. The summed E-state index contributed by atoms with van der Waals surface area (Å²) in [7, 11) is 1.23. The summed E-state index contributed by atoms with van der Waals surface area (Å²) in [4.78, 5) is 53.1. The Hall–Kier alpha value is -4.15. The van der Waals surface area contributed by atoms with Crippen LogP contribution in [-0.2, 0) is 36.8 Å². The predicted octanol–water partition coefficient (Wildman–Crippen LogP) is 4.75. The van der Waals surface area contributed by atoms with Gasteiger partial charge in [0.1, 0.15) is 30.6 Å². The number of nitrogens with one attached hydrogen (secondary N) is 2. The molecule has 3 rings (SSSR count). The fourth-order valence-corrected chi connectivity index (χ4v) is 4.99. The number of nitrogens with zero attached hydrogens (tertiary/aromatic N) is 1. The zero-order valence-corrected chi connectivity index (χ0v) is 25.3. The summed E-state index contributed by atoms with van der Waals surface area (Å²) in [6.45, 7) is 5.01. The molecule has 0 aliphatic heterocycles. The number of rotatable bonds is 11. The minimum atomic E-state index is -1.11. The fourth-order valence-electron chi connectivity index (χ4n) is 4.99. The number of carbonyl (C=O) groups excluding carboxylic acids is 4. The lowest BCUT2D eigenvalue weighted by Crippen LogP contribution is -2.55. The maximum atomic E-state index is 14.0. The van der Waals surface area contributed by atoms with E-state index in [1.807, 2.05) is 30.3 Å². The lowest BCUT2D eigenvalue weighted by molar-refractivity contribution is -0.148. The van der Waals surface area contributed by atoms with E-state index >= 15 is 0 Å². The number of methoxy groups -OCH3 is 1. The number of amides is 3. The van der Waals surface area contributed by atoms with Crippen molar-refractivity contribution in [2.24, 2.45) is 5.92 Å². The van der Waals surface area contributed by atoms with E-state index < -0.39 is 41.5 Å². The SMILES string of the molecule is COC(=O)CN(C[C@H]1CCCC[C@@H]1NC(=O)OCc1ccccc1)C(=O)[C@H](Cc1ccc(F)cc1)NC(=O)OC(C)(C)C. The van der Waals surface area contributed by atoms with Crippen LogP contribution in [0.1, 0.15) is 57.6 Å². The second kappa shape index (κ2) is 15.9. The zero-order valence-electron chi connectivity index (χ0n) is 25.3. The molecule has 11 heteroatoms. The van der Waals surface area contributed by atoms with Gasteiger partial charge in [-0.15, -0.1) is 0 Å². The molecule has 0 spiro atoms. The second-order valence-corrected chi connectivity index (χ2v) is 11.7. The first-order valence-corrected chi connectivity index (χ1v) is 14.5. The van der Waals surface area contributed by atoms with Crippen LogP contribution in [0, 0.1) is 11.7 Å². The minimum Gasteiger partial charge on any atom is -0.468 e. The topological polar surface area (TPSA) is 123 Å². The van der Waals surface area contributed by atoms with Crippen LogP contribution in [0.4, 0.5) is 14.0 Å². The van der Waals surface area contributed by atoms with Crippen LogP contribution in [-0.4, -0.2) is 66.8 Å². The number of hydrogen-bond acceptors (Lipinski definition) is 7. The van der Waals surface area contributed by atoms with Crippen molar-refractivity contribution in [3.05, 3.63) is 71.5 Å². The standard InChI is InChI=1S/C32H42FN3O7/c1-32(2,3)43-31(40)35-27(18-22-14-16-25(33)17-15-22)29(38)36(20-28(37)41-4)19-24-12-8-9-13-26(24)34-30(39)42-21-23-10-6-5-7-11-23/h5-7,10-11,14-17,24,26-27H,8-9,12-13,18-21H2,1-4H3,(H,34,39)(H,35,40)/t24-,26+,27+/m1/s1. The van der Waals surface area contributed by atoms with Crippen molar-refractivity contribution >= 4 is 24.1 Å². The summed E-state index contributed by atoms with van der Waals surface area (Å²) in [5, 5.41) is 5.58. The first-order chi connectivity index (χ1) is 20.4. The third-order valence-electron chi connectivity index (χ3n) is 7.08. The van der Waals surface area contributed by atoms with E-state index in [2.05, 4.69) is 10.6 Å². The highest BCUT2D eigenvalue weighted by Crippen LogP contribution is 2.26. The Morgan fingerprint density at radius 3 is 2.28 bits per heavy atom. The van der Waals surface area contributed by atoms with Crippen molar-refractivity contribution in [2.75, 3.05) is 20.2 Å². The molecule has 1 fully saturated rings. The molecule has 1 aliphatic carbocycles. The molecule has 1 saturated carbocycles. The van der Waals surface area contributed by atoms with E-state index in [4.69, 9.17) is 14.2 Å². The van der Waals surface area contributed by atoms with Crippen molar-refractivity contribution in [1.82, 2.24) is 15.5 Å². The molecule has 234 valence electrons. The molecular formula is C32H42FN3O7. The number of esters is 1. The molecule has 43 heavy (non-hydrogen) atoms. The van der Waals surface area contributed by atoms with Gasteiger partial charge in [0.15, 0.2) is 0 Å². The number of ether oxygens (including phenoxy) is 3. The molecule has 0 heterocycles. The van der Waals surface area contributed by atoms with Crippen molar-refractivity contribution in [1.29, 1.82) is 0 Å². The van der Waals surface area contributed by atoms with Crippen LogP contribution in [0.25, 0.3) is 0 Å². The summed E-state index contributed by atoms with van der Waals surface area (Å²) in [5.74, 6) is -1.78. The first-order valence-electron chi connectivity index (χ1n) is 14.5. The Kier molecular flexibility index (Phi) is 12.3. The van der Waals surface area contributed by atoms with Crippen LogP contribution in [0.3, 0.4) is 0 Å². The summed E-state index contributed by atoms with van der Waals surface area (Å²) in [6.07, 6.45) is 1.83. The number of alkyl carbamates (subject to hydrolysis) is 2. The molecule has 0 bridgehead atoms. The van der Waals surface area contributed by atoms with Crippen LogP contribution in [0.5, 0.6) is 0 Å². The van der Waals surface area contributed by atoms with Crippen molar-refractivity contribution < 1.29 is 37.8 Å². The maximum absolute atomic E-state index is 14.0. The van der Waals surface area contributed by atoms with Gasteiger partial charge >= 0.3 is 18.2 Å². The molecule has 0 radical (unpaired) electrons. The number of hydrogen-bond donors (Lipinski definition) is 2. The van der Waals surface area contributed by atoms with E-state index in [-0.39, 0.29) is 38.1 Å². The smallest absolute Gasteiger partial charge is 0.408 e. The lowest BCUT2D eigenvalue weighted by Gasteiger charge is -2.36. The third-order valence-corrected chi connectivity index (χ3v) is 7.08. The van der Waals surface area contributed by atoms with Gasteiger partial charge in [-0.3, -0.25) is 9.59 Å². The summed E-state index contributed by atoms with van der Waals surface area (Å²) >= 11 is 0. The van der Waals surface area contributed by atoms with Gasteiger partial charge in [-0.25, -0.2) is 14.0 Å². The normalized spacial score (nSPS) is 17.2. The molecule has 10 nitrogen and oxygen atoms in total. The average molecular weight is 600 g/mol. The molecule has 0 saturated heterocycles. The van der Waals surface area contributed by atoms with Gasteiger partial charge in [0, 0.05) is 19.0 Å². The van der Waals surface area contributed by atoms with Crippen molar-refractivity contribution in [3.8, 4) is 0 Å². The molecule has 0 aromatic heterocycles. The first kappa shape index (κ1) is 33.4. The second-order valence-electron chi connectivity index (χ2n) is 11.7. The Labute approximate surface area is 252 Å². The summed E-state index contributed by atoms with van der Waals surface area (Å²) in [5.41, 5.74) is 0.652. The van der Waals surface area contributed by atoms with Gasteiger partial charge in [0.2, 0.25) is 5.91 Å². The van der Waals surface area contributed by atoms with Gasteiger partial charge in [-0.1, -0.05) is 55.3 Å². The molecule has 2 N–H and O–H groups in total. The van der Waals surface area contributed by atoms with Gasteiger partial charge in [0.05, 0.1) is 7.11 Å². The maximum Gasteiger partial charge on any atom is 0.408 e. The van der Waals surface area contributed by atoms with E-state index in [9.17, 15) is 23.6 Å². The van der Waals surface area contributed by atoms with E-state index in [1.54, 1.807) is 20.8 Å². The van der Waals surface area contributed by atoms with E-state index in [0.29, 0.717) is 18.4 Å². The molecule has 2 aromatic rings. The monoisotopic (exact) mass is 599 g/mol. The van der Waals surface area contributed by atoms with E-state index in [0.717, 1.165) is 18.4 Å². The number of halogens is 1. The van der Waals surface area contributed by atoms with Gasteiger partial charge in [0.25, 0.3) is 0 Å². The molecular weight excluding hydrogens is 557 g/mol. The van der Waals surface area contributed by atoms with Crippen molar-refractivity contribution in [3.63, 3.8) is 0 Å². The molecule has 0 unspecified atom stereocenters. The predicted molar refractivity (Wildman–Crippen MR) is 157 cm³/mol. The summed E-state index contributed by atoms with van der Waals surface area (Å²) < 4.78 is 29.2. The zero-order chi connectivity index (χ0) is 31.4. The molecule has 3 atom stereocenters. The number of carbonyl (C=O) groups is 4. The fraction of sp³-hybridized carbons (Fsp3) is 0.500. The quantitative estimate of drug-likeness (QED) is 0.282. The highest BCUT2D eigenvalue weighted by atomic mass is 19.1. The third kappa shape index (κ3) is 11.6. The Balaban J connectivity index is 1.77. The van der Waals surface area contributed by atoms with Crippen LogP contribution >= 0.6 is 0 Å². The molecule has 2 aromatic carbocycles. The highest BCUT2D eigenvalue weighted by Gasteiger charge is 2.34. The average Bonchev–Trinajstić information content (AvgIpc) is 2.96. The number of benzene rings is 2. The Bertz CT molecular complexity index is 1220. The summed E-state index contributed by atoms with van der Waals surface area (Å²) in [6, 6.07) is 13.5. The van der Waals surface area contributed by atoms with Crippen LogP contribution in [0.2, 0.25) is 0 Å². The Morgan fingerprint density at radius 2 is 1.63 bits per heavy atom. The highest BCUT2D eigenvalue weighted by molar-refractivity contribution is 5.88. The molecule has 1 aliphatic rings. The van der Waals surface area contributed by atoms with Crippen LogP contribution in [0.15, 0.2) is 54.6 Å². The van der Waals surface area contributed by atoms with Gasteiger partial charge < -0.3 is 29.7 Å². The van der Waals surface area contributed by atoms with Gasteiger partial charge in [-0.2, -0.15) is 0 Å².